The third-order valence-corrected chi connectivity index (χ3v) is 2.21. The molecule has 0 amide bonds. The second kappa shape index (κ2) is 6.60. The van der Waals surface area contributed by atoms with Gasteiger partial charge >= 0.3 is 6.18 Å². The smallest absolute Gasteiger partial charge is 0.416 e. The van der Waals surface area contributed by atoms with Gasteiger partial charge in [0.05, 0.1) is 12.2 Å². The summed E-state index contributed by atoms with van der Waals surface area (Å²) >= 11 is 0. The van der Waals surface area contributed by atoms with Crippen LogP contribution in [0.1, 0.15) is 19.4 Å². The van der Waals surface area contributed by atoms with Gasteiger partial charge in [-0.1, -0.05) is 0 Å². The molecular formula is C12H17F3N2O2. The van der Waals surface area contributed by atoms with Gasteiger partial charge in [0.25, 0.3) is 0 Å². The summed E-state index contributed by atoms with van der Waals surface area (Å²) in [5, 5.41) is 2.74. The first kappa shape index (κ1) is 15.6. The van der Waals surface area contributed by atoms with E-state index in [1.807, 2.05) is 0 Å². The molecule has 1 atom stereocenters. The van der Waals surface area contributed by atoms with Crippen molar-refractivity contribution in [3.63, 3.8) is 0 Å². The van der Waals surface area contributed by atoms with E-state index in [9.17, 15) is 13.2 Å². The molecule has 1 aromatic heterocycles. The molecule has 108 valence electrons. The number of alkyl halides is 3. The fourth-order valence-electron chi connectivity index (χ4n) is 1.48. The third-order valence-electron chi connectivity index (χ3n) is 2.21. The van der Waals surface area contributed by atoms with E-state index in [1.54, 1.807) is 13.8 Å². The number of hydrogen-bond acceptors (Lipinski definition) is 4. The van der Waals surface area contributed by atoms with Crippen LogP contribution in [0.3, 0.4) is 0 Å². The van der Waals surface area contributed by atoms with E-state index < -0.39 is 11.7 Å². The van der Waals surface area contributed by atoms with Crippen molar-refractivity contribution in [1.29, 1.82) is 0 Å². The maximum absolute atomic E-state index is 12.7. The normalized spacial score (nSPS) is 13.2. The predicted molar refractivity (Wildman–Crippen MR) is 65.4 cm³/mol. The number of halogens is 3. The van der Waals surface area contributed by atoms with E-state index >= 15 is 0 Å². The molecule has 0 aromatic carbocycles. The monoisotopic (exact) mass is 278 g/mol. The van der Waals surface area contributed by atoms with Crippen molar-refractivity contribution < 1.29 is 22.6 Å². The van der Waals surface area contributed by atoms with Gasteiger partial charge in [0.1, 0.15) is 11.9 Å². The lowest BCUT2D eigenvalue weighted by molar-refractivity contribution is -0.137. The Labute approximate surface area is 109 Å². The highest BCUT2D eigenvalue weighted by molar-refractivity contribution is 5.42. The Hall–Kier alpha value is -1.50. The van der Waals surface area contributed by atoms with Gasteiger partial charge in [0, 0.05) is 19.7 Å². The first-order valence-corrected chi connectivity index (χ1v) is 5.85. The van der Waals surface area contributed by atoms with Crippen LogP contribution >= 0.6 is 0 Å². The topological polar surface area (TPSA) is 43.4 Å². The molecule has 0 aliphatic carbocycles. The van der Waals surface area contributed by atoms with Gasteiger partial charge in [-0.15, -0.1) is 0 Å². The van der Waals surface area contributed by atoms with E-state index in [1.165, 1.54) is 7.11 Å². The van der Waals surface area contributed by atoms with Crippen molar-refractivity contribution in [3.05, 3.63) is 17.7 Å². The van der Waals surface area contributed by atoms with Crippen molar-refractivity contribution in [1.82, 2.24) is 4.98 Å². The van der Waals surface area contributed by atoms with E-state index in [0.717, 1.165) is 12.1 Å². The highest BCUT2D eigenvalue weighted by atomic mass is 19.4. The number of nitrogens with one attached hydrogen (secondary N) is 1. The van der Waals surface area contributed by atoms with Crippen molar-refractivity contribution in [2.75, 3.05) is 25.6 Å². The Bertz CT molecular complexity index is 410. The average molecular weight is 278 g/mol. The van der Waals surface area contributed by atoms with Crippen LogP contribution in [-0.2, 0) is 10.9 Å². The Morgan fingerprint density at radius 1 is 1.37 bits per heavy atom. The quantitative estimate of drug-likeness (QED) is 0.869. The van der Waals surface area contributed by atoms with Crippen LogP contribution < -0.4 is 10.1 Å². The summed E-state index contributed by atoms with van der Waals surface area (Å²) in [5.41, 5.74) is -0.793. The minimum atomic E-state index is -4.43. The number of pyridine rings is 1. The first-order valence-electron chi connectivity index (χ1n) is 5.85. The second-order valence-electron chi connectivity index (χ2n) is 3.99. The van der Waals surface area contributed by atoms with Crippen LogP contribution in [0.4, 0.5) is 19.0 Å². The largest absolute Gasteiger partial charge is 0.472 e. The molecule has 0 bridgehead atoms. The van der Waals surface area contributed by atoms with Crippen molar-refractivity contribution in [2.24, 2.45) is 0 Å². The molecule has 0 aliphatic heterocycles. The molecule has 19 heavy (non-hydrogen) atoms. The molecule has 1 N–H and O–H groups in total. The molecule has 1 unspecified atom stereocenters. The van der Waals surface area contributed by atoms with Gasteiger partial charge in [-0.25, -0.2) is 0 Å². The molecule has 0 aliphatic rings. The van der Waals surface area contributed by atoms with Crippen LogP contribution in [-0.4, -0.2) is 31.3 Å². The molecule has 1 heterocycles. The van der Waals surface area contributed by atoms with Gasteiger partial charge in [0.2, 0.25) is 5.88 Å². The summed E-state index contributed by atoms with van der Waals surface area (Å²) in [4.78, 5) is 3.97. The molecule has 0 fully saturated rings. The minimum Gasteiger partial charge on any atom is -0.472 e. The van der Waals surface area contributed by atoms with Gasteiger partial charge in [0.15, 0.2) is 0 Å². The Morgan fingerprint density at radius 2 is 2.05 bits per heavy atom. The molecule has 0 radical (unpaired) electrons. The zero-order valence-electron chi connectivity index (χ0n) is 11.0. The van der Waals surface area contributed by atoms with Crippen molar-refractivity contribution in [3.8, 4) is 5.88 Å². The van der Waals surface area contributed by atoms with E-state index in [4.69, 9.17) is 9.47 Å². The Kier molecular flexibility index (Phi) is 5.41. The Balaban J connectivity index is 2.99. The maximum atomic E-state index is 12.7. The summed E-state index contributed by atoms with van der Waals surface area (Å²) in [5.74, 6) is 0.0623. The number of aromatic nitrogens is 1. The molecule has 0 spiro atoms. The maximum Gasteiger partial charge on any atom is 0.416 e. The second-order valence-corrected chi connectivity index (χ2v) is 3.99. The molecule has 0 saturated heterocycles. The van der Waals surface area contributed by atoms with Gasteiger partial charge in [-0.05, 0) is 19.9 Å². The fraction of sp³-hybridized carbons (Fsp3) is 0.583. The number of nitrogens with zero attached hydrogens (tertiary/aromatic N) is 1. The number of methoxy groups -OCH3 is 1. The van der Waals surface area contributed by atoms with E-state index in [-0.39, 0.29) is 24.4 Å². The number of hydrogen-bond donors (Lipinski definition) is 1. The molecule has 1 aromatic rings. The zero-order valence-corrected chi connectivity index (χ0v) is 11.0. The minimum absolute atomic E-state index is 0.0738. The van der Waals surface area contributed by atoms with E-state index in [0.29, 0.717) is 6.54 Å². The first-order chi connectivity index (χ1) is 8.86. The molecule has 7 heteroatoms. The van der Waals surface area contributed by atoms with Crippen LogP contribution in [0.25, 0.3) is 0 Å². The Morgan fingerprint density at radius 3 is 2.58 bits per heavy atom. The van der Waals surface area contributed by atoms with Gasteiger partial charge < -0.3 is 14.8 Å². The summed E-state index contributed by atoms with van der Waals surface area (Å²) < 4.78 is 48.4. The summed E-state index contributed by atoms with van der Waals surface area (Å²) in [6, 6.07) is 1.84. The average Bonchev–Trinajstić information content (AvgIpc) is 2.28. The van der Waals surface area contributed by atoms with Gasteiger partial charge in [-0.3, -0.25) is 0 Å². The standard InChI is InChI=1S/C12H17F3N2O2/c1-4-16-10-5-9(12(13,14)15)6-11(17-10)19-8(2)7-18-3/h5-6,8H,4,7H2,1-3H3,(H,16,17). The lowest BCUT2D eigenvalue weighted by Gasteiger charge is -2.16. The third kappa shape index (κ3) is 4.94. The molecular weight excluding hydrogens is 261 g/mol. The van der Waals surface area contributed by atoms with Crippen molar-refractivity contribution in [2.45, 2.75) is 26.1 Å². The molecule has 1 rings (SSSR count). The highest BCUT2D eigenvalue weighted by Gasteiger charge is 2.32. The summed E-state index contributed by atoms with van der Waals surface area (Å²) in [6.45, 7) is 4.21. The summed E-state index contributed by atoms with van der Waals surface area (Å²) in [6.07, 6.45) is -4.81. The van der Waals surface area contributed by atoms with Crippen molar-refractivity contribution >= 4 is 5.82 Å². The molecule has 4 nitrogen and oxygen atoms in total. The fourth-order valence-corrected chi connectivity index (χ4v) is 1.48. The summed E-state index contributed by atoms with van der Waals surface area (Å²) in [7, 11) is 1.49. The predicted octanol–water partition coefficient (Wildman–Crippen LogP) is 2.95. The SMILES string of the molecule is CCNc1cc(C(F)(F)F)cc(OC(C)COC)n1. The van der Waals surface area contributed by atoms with Crippen LogP contribution in [0, 0.1) is 0 Å². The number of rotatable bonds is 6. The lowest BCUT2D eigenvalue weighted by atomic mass is 10.2. The highest BCUT2D eigenvalue weighted by Crippen LogP contribution is 2.32. The van der Waals surface area contributed by atoms with Gasteiger partial charge in [-0.2, -0.15) is 18.2 Å². The van der Waals surface area contributed by atoms with Crippen LogP contribution in [0.15, 0.2) is 12.1 Å². The van der Waals surface area contributed by atoms with Crippen LogP contribution in [0.2, 0.25) is 0 Å². The zero-order chi connectivity index (χ0) is 14.5. The number of ether oxygens (including phenoxy) is 2. The number of anilines is 1. The van der Waals surface area contributed by atoms with E-state index in [2.05, 4.69) is 10.3 Å². The van der Waals surface area contributed by atoms with Crippen LogP contribution in [0.5, 0.6) is 5.88 Å². The lowest BCUT2D eigenvalue weighted by Crippen LogP contribution is -2.19. The molecule has 0 saturated carbocycles.